The SMILES string of the molecule is CCc1c(C(=O)O)nnn1Cc1ccc(Cl)nc1. The number of aromatic carboxylic acids is 1. The Bertz CT molecular complexity index is 565. The van der Waals surface area contributed by atoms with Gasteiger partial charge in [-0.3, -0.25) is 0 Å². The number of hydrogen-bond donors (Lipinski definition) is 1. The fourth-order valence-electron chi connectivity index (χ4n) is 1.65. The van der Waals surface area contributed by atoms with Crippen molar-refractivity contribution in [2.24, 2.45) is 0 Å². The second-order valence-electron chi connectivity index (χ2n) is 3.69. The number of carboxylic acids is 1. The Morgan fingerprint density at radius 1 is 1.50 bits per heavy atom. The van der Waals surface area contributed by atoms with E-state index in [1.807, 2.05) is 13.0 Å². The number of aromatic nitrogens is 4. The highest BCUT2D eigenvalue weighted by Crippen LogP contribution is 2.11. The molecule has 2 aromatic rings. The molecule has 0 radical (unpaired) electrons. The molecule has 1 N–H and O–H groups in total. The molecule has 0 aliphatic carbocycles. The third-order valence-electron chi connectivity index (χ3n) is 2.50. The predicted octanol–water partition coefficient (Wildman–Crippen LogP) is 1.64. The quantitative estimate of drug-likeness (QED) is 0.851. The van der Waals surface area contributed by atoms with Crippen LogP contribution in [-0.4, -0.2) is 31.1 Å². The van der Waals surface area contributed by atoms with Gasteiger partial charge >= 0.3 is 5.97 Å². The van der Waals surface area contributed by atoms with Crippen molar-refractivity contribution in [1.82, 2.24) is 20.0 Å². The first-order valence-corrected chi connectivity index (χ1v) is 5.75. The molecule has 2 heterocycles. The summed E-state index contributed by atoms with van der Waals surface area (Å²) in [6.07, 6.45) is 2.18. The van der Waals surface area contributed by atoms with Crippen LogP contribution in [0.4, 0.5) is 0 Å². The first kappa shape index (κ1) is 12.5. The van der Waals surface area contributed by atoms with Crippen LogP contribution in [0, 0.1) is 0 Å². The fraction of sp³-hybridized carbons (Fsp3) is 0.273. The predicted molar refractivity (Wildman–Crippen MR) is 64.7 cm³/mol. The molecule has 2 rings (SSSR count). The number of rotatable bonds is 4. The Kier molecular flexibility index (Phi) is 3.57. The molecule has 7 heteroatoms. The van der Waals surface area contributed by atoms with Crippen molar-refractivity contribution in [2.75, 3.05) is 0 Å². The van der Waals surface area contributed by atoms with Gasteiger partial charge in [-0.1, -0.05) is 29.8 Å². The lowest BCUT2D eigenvalue weighted by Gasteiger charge is -2.04. The molecule has 0 amide bonds. The van der Waals surface area contributed by atoms with Crippen LogP contribution in [0.1, 0.15) is 28.7 Å². The van der Waals surface area contributed by atoms with E-state index in [4.69, 9.17) is 16.7 Å². The molecule has 0 atom stereocenters. The molecule has 18 heavy (non-hydrogen) atoms. The van der Waals surface area contributed by atoms with Crippen LogP contribution in [0.25, 0.3) is 0 Å². The molecule has 0 unspecified atom stereocenters. The van der Waals surface area contributed by atoms with Crippen LogP contribution >= 0.6 is 11.6 Å². The van der Waals surface area contributed by atoms with Gasteiger partial charge in [0.05, 0.1) is 12.2 Å². The molecule has 2 aromatic heterocycles. The van der Waals surface area contributed by atoms with Crippen molar-refractivity contribution < 1.29 is 9.90 Å². The van der Waals surface area contributed by atoms with Crippen molar-refractivity contribution in [2.45, 2.75) is 19.9 Å². The average molecular weight is 267 g/mol. The fourth-order valence-corrected chi connectivity index (χ4v) is 1.76. The first-order chi connectivity index (χ1) is 8.61. The van der Waals surface area contributed by atoms with Gasteiger partial charge in [0.25, 0.3) is 0 Å². The Morgan fingerprint density at radius 3 is 2.83 bits per heavy atom. The lowest BCUT2D eigenvalue weighted by molar-refractivity contribution is 0.0689. The summed E-state index contributed by atoms with van der Waals surface area (Å²) >= 11 is 5.70. The maximum absolute atomic E-state index is 10.9. The van der Waals surface area contributed by atoms with Gasteiger partial charge in [0.1, 0.15) is 5.15 Å². The molecule has 6 nitrogen and oxygen atoms in total. The third kappa shape index (κ3) is 2.48. The van der Waals surface area contributed by atoms with Crippen LogP contribution in [0.5, 0.6) is 0 Å². The van der Waals surface area contributed by atoms with Gasteiger partial charge < -0.3 is 5.11 Å². The lowest BCUT2D eigenvalue weighted by Crippen LogP contribution is -2.08. The number of pyridine rings is 1. The highest BCUT2D eigenvalue weighted by Gasteiger charge is 2.17. The third-order valence-corrected chi connectivity index (χ3v) is 2.72. The van der Waals surface area contributed by atoms with Crippen LogP contribution < -0.4 is 0 Å². The number of halogens is 1. The van der Waals surface area contributed by atoms with Crippen molar-refractivity contribution in [3.05, 3.63) is 40.4 Å². The van der Waals surface area contributed by atoms with Gasteiger partial charge in [0.15, 0.2) is 5.69 Å². The zero-order valence-electron chi connectivity index (χ0n) is 9.67. The van der Waals surface area contributed by atoms with E-state index in [1.165, 1.54) is 0 Å². The number of carboxylic acid groups (broad SMARTS) is 1. The Balaban J connectivity index is 2.29. The van der Waals surface area contributed by atoms with Crippen LogP contribution in [-0.2, 0) is 13.0 Å². The zero-order valence-corrected chi connectivity index (χ0v) is 10.4. The Hall–Kier alpha value is -1.95. The minimum Gasteiger partial charge on any atom is -0.476 e. The van der Waals surface area contributed by atoms with Gasteiger partial charge in [-0.2, -0.15) is 0 Å². The monoisotopic (exact) mass is 266 g/mol. The molecule has 0 saturated heterocycles. The molecule has 94 valence electrons. The molecule has 0 spiro atoms. The van der Waals surface area contributed by atoms with Gasteiger partial charge in [-0.25, -0.2) is 14.5 Å². The minimum atomic E-state index is -1.06. The smallest absolute Gasteiger partial charge is 0.358 e. The summed E-state index contributed by atoms with van der Waals surface area (Å²) in [5, 5.41) is 16.9. The summed E-state index contributed by atoms with van der Waals surface area (Å²) in [6, 6.07) is 3.49. The summed E-state index contributed by atoms with van der Waals surface area (Å²) in [4.78, 5) is 14.9. The summed E-state index contributed by atoms with van der Waals surface area (Å²) in [6.45, 7) is 2.29. The molecular formula is C11H11ClN4O2. The van der Waals surface area contributed by atoms with Gasteiger partial charge in [0.2, 0.25) is 0 Å². The normalized spacial score (nSPS) is 10.6. The van der Waals surface area contributed by atoms with Crippen LogP contribution in [0.3, 0.4) is 0 Å². The van der Waals surface area contributed by atoms with E-state index in [2.05, 4.69) is 15.3 Å². The van der Waals surface area contributed by atoms with E-state index >= 15 is 0 Å². The first-order valence-electron chi connectivity index (χ1n) is 5.38. The van der Waals surface area contributed by atoms with E-state index in [9.17, 15) is 4.79 Å². The standard InChI is InChI=1S/C11H11ClN4O2/c1-2-8-10(11(17)18)14-15-16(8)6-7-3-4-9(12)13-5-7/h3-5H,2,6H2,1H3,(H,17,18). The maximum atomic E-state index is 10.9. The highest BCUT2D eigenvalue weighted by molar-refractivity contribution is 6.29. The maximum Gasteiger partial charge on any atom is 0.358 e. The van der Waals surface area contributed by atoms with Crippen LogP contribution in [0.15, 0.2) is 18.3 Å². The van der Waals surface area contributed by atoms with Crippen molar-refractivity contribution in [3.8, 4) is 0 Å². The van der Waals surface area contributed by atoms with Gasteiger partial charge in [-0.15, -0.1) is 5.10 Å². The van der Waals surface area contributed by atoms with Gasteiger partial charge in [0, 0.05) is 6.20 Å². The largest absolute Gasteiger partial charge is 0.476 e. The van der Waals surface area contributed by atoms with Crippen molar-refractivity contribution in [1.29, 1.82) is 0 Å². The summed E-state index contributed by atoms with van der Waals surface area (Å²) in [7, 11) is 0. The number of hydrogen-bond acceptors (Lipinski definition) is 4. The topological polar surface area (TPSA) is 80.9 Å². The van der Waals surface area contributed by atoms with E-state index in [1.54, 1.807) is 16.9 Å². The van der Waals surface area contributed by atoms with Crippen molar-refractivity contribution >= 4 is 17.6 Å². The number of nitrogens with zero attached hydrogens (tertiary/aromatic N) is 4. The van der Waals surface area contributed by atoms with Crippen molar-refractivity contribution in [3.63, 3.8) is 0 Å². The van der Waals surface area contributed by atoms with E-state index in [0.717, 1.165) is 5.56 Å². The molecule has 0 aliphatic rings. The van der Waals surface area contributed by atoms with Gasteiger partial charge in [-0.05, 0) is 18.1 Å². The van der Waals surface area contributed by atoms with E-state index in [-0.39, 0.29) is 5.69 Å². The van der Waals surface area contributed by atoms with E-state index in [0.29, 0.717) is 23.8 Å². The molecule has 0 aromatic carbocycles. The summed E-state index contributed by atoms with van der Waals surface area (Å²) in [5.41, 5.74) is 1.48. The molecule has 0 saturated carbocycles. The zero-order chi connectivity index (χ0) is 13.1. The molecular weight excluding hydrogens is 256 g/mol. The minimum absolute atomic E-state index is 0.000535. The molecule has 0 fully saturated rings. The average Bonchev–Trinajstić information content (AvgIpc) is 2.75. The molecule has 0 bridgehead atoms. The Morgan fingerprint density at radius 2 is 2.28 bits per heavy atom. The van der Waals surface area contributed by atoms with E-state index < -0.39 is 5.97 Å². The second kappa shape index (κ2) is 5.14. The summed E-state index contributed by atoms with van der Waals surface area (Å²) in [5.74, 6) is -1.06. The lowest BCUT2D eigenvalue weighted by atomic mass is 10.2. The number of carbonyl (C=O) groups is 1. The van der Waals surface area contributed by atoms with Crippen LogP contribution in [0.2, 0.25) is 5.15 Å². The second-order valence-corrected chi connectivity index (χ2v) is 4.08. The highest BCUT2D eigenvalue weighted by atomic mass is 35.5. The molecule has 0 aliphatic heterocycles. The summed E-state index contributed by atoms with van der Waals surface area (Å²) < 4.78 is 1.56. The Labute approximate surface area is 108 Å².